The van der Waals surface area contributed by atoms with Gasteiger partial charge in [0.25, 0.3) is 0 Å². The summed E-state index contributed by atoms with van der Waals surface area (Å²) < 4.78 is 7.48. The molecule has 88 valence electrons. The largest absolute Gasteiger partial charge is 0.494 e. The number of nitrogens with zero attached hydrogens (tertiary/aromatic N) is 4. The van der Waals surface area contributed by atoms with E-state index in [-0.39, 0.29) is 6.01 Å². The van der Waals surface area contributed by atoms with E-state index in [9.17, 15) is 10.1 Å². The number of halogens is 1. The smallest absolute Gasteiger partial charge is 0.411 e. The summed E-state index contributed by atoms with van der Waals surface area (Å²) in [5.74, 6) is 0.0400. The Labute approximate surface area is 104 Å². The molecule has 0 unspecified atom stereocenters. The molecular formula is C9H7BrN4O3. The van der Waals surface area contributed by atoms with Crippen molar-refractivity contribution in [2.75, 3.05) is 0 Å². The Kier molecular flexibility index (Phi) is 3.05. The first-order valence-corrected chi connectivity index (χ1v) is 5.34. The molecular weight excluding hydrogens is 292 g/mol. The molecule has 7 nitrogen and oxygen atoms in total. The van der Waals surface area contributed by atoms with Crippen LogP contribution in [0.25, 0.3) is 0 Å². The predicted octanol–water partition coefficient (Wildman–Crippen LogP) is 2.28. The van der Waals surface area contributed by atoms with Crippen LogP contribution in [-0.4, -0.2) is 19.7 Å². The lowest BCUT2D eigenvalue weighted by Crippen LogP contribution is -1.96. The summed E-state index contributed by atoms with van der Waals surface area (Å²) in [7, 11) is 1.52. The molecule has 0 spiro atoms. The van der Waals surface area contributed by atoms with Gasteiger partial charge in [0, 0.05) is 9.57 Å². The number of ether oxygens (including phenoxy) is 1. The number of aryl methyl sites for hydroxylation is 1. The van der Waals surface area contributed by atoms with Crippen molar-refractivity contribution in [1.82, 2.24) is 14.8 Å². The minimum atomic E-state index is -0.672. The van der Waals surface area contributed by atoms with Crippen LogP contribution < -0.4 is 4.74 Å². The molecule has 0 aliphatic heterocycles. The number of rotatable bonds is 3. The van der Waals surface area contributed by atoms with Crippen molar-refractivity contribution in [2.45, 2.75) is 0 Å². The van der Waals surface area contributed by atoms with Crippen molar-refractivity contribution in [3.8, 4) is 11.8 Å². The van der Waals surface area contributed by atoms with Crippen LogP contribution in [0.15, 0.2) is 28.7 Å². The number of aromatic nitrogens is 3. The first-order chi connectivity index (χ1) is 8.06. The molecule has 0 bridgehead atoms. The van der Waals surface area contributed by atoms with Crippen LogP contribution in [0.3, 0.4) is 0 Å². The molecule has 0 aliphatic carbocycles. The maximum atomic E-state index is 10.5. The zero-order valence-electron chi connectivity index (χ0n) is 8.70. The van der Waals surface area contributed by atoms with Gasteiger partial charge in [0.05, 0.1) is 7.05 Å². The van der Waals surface area contributed by atoms with E-state index < -0.39 is 10.9 Å². The quantitative estimate of drug-likeness (QED) is 0.641. The molecule has 0 atom stereocenters. The average molecular weight is 299 g/mol. The fraction of sp³-hybridized carbons (Fsp3) is 0.111. The Bertz CT molecular complexity index is 552. The summed E-state index contributed by atoms with van der Waals surface area (Å²) in [5.41, 5.74) is 0. The second kappa shape index (κ2) is 4.50. The van der Waals surface area contributed by atoms with Crippen LogP contribution in [0.5, 0.6) is 11.8 Å². The molecule has 0 saturated heterocycles. The fourth-order valence-electron chi connectivity index (χ4n) is 1.13. The first-order valence-electron chi connectivity index (χ1n) is 4.55. The molecule has 0 amide bonds. The summed E-state index contributed by atoms with van der Waals surface area (Å²) in [6.07, 6.45) is 0. The molecule has 1 aromatic heterocycles. The van der Waals surface area contributed by atoms with Crippen LogP contribution in [0, 0.1) is 10.1 Å². The van der Waals surface area contributed by atoms with Crippen LogP contribution in [0.2, 0.25) is 0 Å². The van der Waals surface area contributed by atoms with Crippen LogP contribution in [0.4, 0.5) is 5.95 Å². The third-order valence-electron chi connectivity index (χ3n) is 1.90. The van der Waals surface area contributed by atoms with Gasteiger partial charge in [-0.3, -0.25) is 0 Å². The van der Waals surface area contributed by atoms with Gasteiger partial charge in [0.15, 0.2) is 0 Å². The zero-order valence-corrected chi connectivity index (χ0v) is 10.3. The highest BCUT2D eigenvalue weighted by molar-refractivity contribution is 9.10. The van der Waals surface area contributed by atoms with Gasteiger partial charge in [-0.25, -0.2) is 0 Å². The van der Waals surface area contributed by atoms with Crippen molar-refractivity contribution in [1.29, 1.82) is 0 Å². The van der Waals surface area contributed by atoms with E-state index in [1.807, 2.05) is 0 Å². The third kappa shape index (κ3) is 2.59. The molecule has 1 heterocycles. The van der Waals surface area contributed by atoms with Crippen LogP contribution in [0.1, 0.15) is 0 Å². The molecule has 0 aliphatic rings. The standard InChI is InChI=1S/C9H7BrN4O3/c1-13-9(11-8(12-13)14(15)16)17-7-4-2-6(10)3-5-7/h2-5H,1H3. The fourth-order valence-corrected chi connectivity index (χ4v) is 1.40. The highest BCUT2D eigenvalue weighted by Crippen LogP contribution is 2.22. The predicted molar refractivity (Wildman–Crippen MR) is 61.9 cm³/mol. The molecule has 0 fully saturated rings. The normalized spacial score (nSPS) is 10.2. The van der Waals surface area contributed by atoms with Gasteiger partial charge in [0.1, 0.15) is 5.75 Å². The Balaban J connectivity index is 2.24. The van der Waals surface area contributed by atoms with Gasteiger partial charge >= 0.3 is 12.0 Å². The Hall–Kier alpha value is -1.96. The van der Waals surface area contributed by atoms with Gasteiger partial charge in [-0.15, -0.1) is 4.68 Å². The third-order valence-corrected chi connectivity index (χ3v) is 2.43. The Morgan fingerprint density at radius 2 is 2.06 bits per heavy atom. The van der Waals surface area contributed by atoms with Crippen molar-refractivity contribution >= 4 is 21.9 Å². The van der Waals surface area contributed by atoms with E-state index in [2.05, 4.69) is 26.0 Å². The molecule has 17 heavy (non-hydrogen) atoms. The van der Waals surface area contributed by atoms with Crippen molar-refractivity contribution in [3.63, 3.8) is 0 Å². The van der Waals surface area contributed by atoms with E-state index in [0.717, 1.165) is 4.47 Å². The monoisotopic (exact) mass is 298 g/mol. The molecule has 1 aromatic carbocycles. The van der Waals surface area contributed by atoms with Gasteiger partial charge in [-0.2, -0.15) is 0 Å². The highest BCUT2D eigenvalue weighted by atomic mass is 79.9. The number of nitro groups is 1. The van der Waals surface area contributed by atoms with Gasteiger partial charge < -0.3 is 14.9 Å². The average Bonchev–Trinajstić information content (AvgIpc) is 2.64. The van der Waals surface area contributed by atoms with E-state index in [4.69, 9.17) is 4.74 Å². The molecule has 0 saturated carbocycles. The second-order valence-corrected chi connectivity index (χ2v) is 4.05. The second-order valence-electron chi connectivity index (χ2n) is 3.13. The Morgan fingerprint density at radius 3 is 2.59 bits per heavy atom. The maximum Gasteiger partial charge on any atom is 0.494 e. The van der Waals surface area contributed by atoms with Gasteiger partial charge in [0.2, 0.25) is 0 Å². The maximum absolute atomic E-state index is 10.5. The number of benzene rings is 1. The van der Waals surface area contributed by atoms with E-state index >= 15 is 0 Å². The van der Waals surface area contributed by atoms with Gasteiger partial charge in [-0.1, -0.05) is 15.9 Å². The van der Waals surface area contributed by atoms with Crippen molar-refractivity contribution in [2.24, 2.45) is 7.05 Å². The first kappa shape index (κ1) is 11.5. The van der Waals surface area contributed by atoms with E-state index in [1.165, 1.54) is 11.7 Å². The highest BCUT2D eigenvalue weighted by Gasteiger charge is 2.20. The molecule has 0 radical (unpaired) electrons. The van der Waals surface area contributed by atoms with Crippen LogP contribution in [-0.2, 0) is 7.05 Å². The van der Waals surface area contributed by atoms with Crippen LogP contribution >= 0.6 is 15.9 Å². The SMILES string of the molecule is Cn1nc([N+](=O)[O-])nc1Oc1ccc(Br)cc1. The van der Waals surface area contributed by atoms with Gasteiger partial charge in [-0.05, 0) is 34.2 Å². The zero-order chi connectivity index (χ0) is 12.4. The summed E-state index contributed by atoms with van der Waals surface area (Å²) >= 11 is 3.29. The summed E-state index contributed by atoms with van der Waals surface area (Å²) in [5, 5.41) is 14.1. The molecule has 2 rings (SSSR count). The summed E-state index contributed by atoms with van der Waals surface area (Å²) in [6, 6.07) is 7.08. The van der Waals surface area contributed by atoms with Crippen molar-refractivity contribution < 1.29 is 9.66 Å². The topological polar surface area (TPSA) is 83.1 Å². The molecule has 8 heteroatoms. The number of hydrogen-bond donors (Lipinski definition) is 0. The minimum absolute atomic E-state index is 0.0685. The minimum Gasteiger partial charge on any atom is -0.411 e. The lowest BCUT2D eigenvalue weighted by molar-refractivity contribution is -0.394. The Morgan fingerprint density at radius 1 is 1.41 bits per heavy atom. The number of hydrogen-bond acceptors (Lipinski definition) is 5. The summed E-state index contributed by atoms with van der Waals surface area (Å²) in [4.78, 5) is 13.4. The lowest BCUT2D eigenvalue weighted by Gasteiger charge is -1.99. The van der Waals surface area contributed by atoms with Crippen molar-refractivity contribution in [3.05, 3.63) is 38.9 Å². The van der Waals surface area contributed by atoms with E-state index in [0.29, 0.717) is 5.75 Å². The summed E-state index contributed by atoms with van der Waals surface area (Å²) in [6.45, 7) is 0. The molecule has 2 aromatic rings. The lowest BCUT2D eigenvalue weighted by atomic mass is 10.3. The van der Waals surface area contributed by atoms with E-state index in [1.54, 1.807) is 24.3 Å². The molecule has 0 N–H and O–H groups in total.